The van der Waals surface area contributed by atoms with Gasteiger partial charge in [0.1, 0.15) is 0 Å². The summed E-state index contributed by atoms with van der Waals surface area (Å²) in [4.78, 5) is 23.4. The quantitative estimate of drug-likeness (QED) is 0.708. The number of nitrogens with zero attached hydrogens (tertiary/aromatic N) is 1. The van der Waals surface area contributed by atoms with Crippen LogP contribution in [0, 0.1) is 5.92 Å². The van der Waals surface area contributed by atoms with Gasteiger partial charge in [-0.1, -0.05) is 43.6 Å². The highest BCUT2D eigenvalue weighted by molar-refractivity contribution is 6.31. The molecule has 10 heteroatoms. The molecule has 1 aromatic carbocycles. The molecule has 2 rings (SSSR count). The summed E-state index contributed by atoms with van der Waals surface area (Å²) in [7, 11) is 1.86. The van der Waals surface area contributed by atoms with Crippen molar-refractivity contribution in [2.75, 3.05) is 20.1 Å². The van der Waals surface area contributed by atoms with Crippen LogP contribution in [0.5, 0.6) is 0 Å². The maximum atomic E-state index is 12.7. The number of halogens is 4. The van der Waals surface area contributed by atoms with Crippen LogP contribution >= 0.6 is 11.6 Å². The van der Waals surface area contributed by atoms with Crippen molar-refractivity contribution in [1.29, 1.82) is 0 Å². The summed E-state index contributed by atoms with van der Waals surface area (Å²) < 4.78 is 37.6. The van der Waals surface area contributed by atoms with E-state index >= 15 is 0 Å². The van der Waals surface area contributed by atoms with Crippen LogP contribution in [0.3, 0.4) is 0 Å². The maximum Gasteiger partial charge on any atom is 0.490 e. The van der Waals surface area contributed by atoms with Crippen molar-refractivity contribution in [3.8, 4) is 0 Å². The number of benzene rings is 1. The van der Waals surface area contributed by atoms with Crippen LogP contribution in [0.1, 0.15) is 38.8 Å². The molecule has 3 atom stereocenters. The van der Waals surface area contributed by atoms with E-state index in [2.05, 4.69) is 19.2 Å². The van der Waals surface area contributed by atoms with Crippen LogP contribution in [-0.4, -0.2) is 60.4 Å². The van der Waals surface area contributed by atoms with Crippen LogP contribution in [0.2, 0.25) is 5.02 Å². The second kappa shape index (κ2) is 11.5. The van der Waals surface area contributed by atoms with Gasteiger partial charge in [-0.05, 0) is 24.5 Å². The molecule has 0 spiro atoms. The third-order valence-electron chi connectivity index (χ3n) is 4.54. The predicted octanol–water partition coefficient (Wildman–Crippen LogP) is 3.90. The number of alkyl halides is 3. The normalized spacial score (nSPS) is 20.2. The standard InChI is InChI=1S/C18H27ClN2O2.C2HF3O2/c1-12(2)18(15-7-5-6-8-16(15)19)21(4)17(22)9-14-11-20-10-13(3)23-14;3-2(4,5)1(6)7/h5-8,12-14,18,20H,9-11H2,1-4H3;(H,6,7). The van der Waals surface area contributed by atoms with Gasteiger partial charge in [-0.2, -0.15) is 13.2 Å². The molecule has 0 radical (unpaired) electrons. The molecule has 0 aliphatic carbocycles. The number of carboxylic acids is 1. The number of amides is 1. The van der Waals surface area contributed by atoms with Crippen molar-refractivity contribution >= 4 is 23.5 Å². The molecule has 1 aliphatic rings. The number of carboxylic acid groups (broad SMARTS) is 1. The van der Waals surface area contributed by atoms with Gasteiger partial charge in [0.2, 0.25) is 5.91 Å². The smallest absolute Gasteiger partial charge is 0.475 e. The lowest BCUT2D eigenvalue weighted by Crippen LogP contribution is -2.46. The van der Waals surface area contributed by atoms with E-state index in [1.807, 2.05) is 43.1 Å². The van der Waals surface area contributed by atoms with Gasteiger partial charge < -0.3 is 20.1 Å². The van der Waals surface area contributed by atoms with Gasteiger partial charge >= 0.3 is 12.1 Å². The second-order valence-corrected chi connectivity index (χ2v) is 7.86. The zero-order valence-electron chi connectivity index (χ0n) is 17.4. The maximum absolute atomic E-state index is 12.7. The first kappa shape index (κ1) is 26.2. The van der Waals surface area contributed by atoms with E-state index in [9.17, 15) is 18.0 Å². The van der Waals surface area contributed by atoms with E-state index in [-0.39, 0.29) is 30.1 Å². The van der Waals surface area contributed by atoms with E-state index in [1.54, 1.807) is 0 Å². The topological polar surface area (TPSA) is 78.9 Å². The number of carbonyl (C=O) groups excluding carboxylic acids is 1. The largest absolute Gasteiger partial charge is 0.490 e. The minimum Gasteiger partial charge on any atom is -0.475 e. The molecule has 0 bridgehead atoms. The summed E-state index contributed by atoms with van der Waals surface area (Å²) in [5.41, 5.74) is 0.996. The first-order valence-electron chi connectivity index (χ1n) is 9.51. The molecule has 1 aliphatic heterocycles. The average Bonchev–Trinajstić information content (AvgIpc) is 2.63. The lowest BCUT2D eigenvalue weighted by molar-refractivity contribution is -0.192. The van der Waals surface area contributed by atoms with Crippen LogP contribution in [0.4, 0.5) is 13.2 Å². The van der Waals surface area contributed by atoms with Gasteiger partial charge in [0.25, 0.3) is 0 Å². The SMILES string of the molecule is CC1CNCC(CC(=O)N(C)C(c2ccccc2Cl)C(C)C)O1.O=C(O)C(F)(F)F. The summed E-state index contributed by atoms with van der Waals surface area (Å²) >= 11 is 6.35. The van der Waals surface area contributed by atoms with Crippen molar-refractivity contribution in [2.24, 2.45) is 5.92 Å². The van der Waals surface area contributed by atoms with Crippen molar-refractivity contribution in [1.82, 2.24) is 10.2 Å². The summed E-state index contributed by atoms with van der Waals surface area (Å²) in [6.07, 6.45) is -4.61. The van der Waals surface area contributed by atoms with Crippen LogP contribution in [0.15, 0.2) is 24.3 Å². The molecular weight excluding hydrogens is 425 g/mol. The molecule has 1 aromatic rings. The number of morpholine rings is 1. The predicted molar refractivity (Wildman–Crippen MR) is 107 cm³/mol. The van der Waals surface area contributed by atoms with Crippen molar-refractivity contribution in [2.45, 2.75) is 51.6 Å². The monoisotopic (exact) mass is 452 g/mol. The fourth-order valence-electron chi connectivity index (χ4n) is 3.22. The molecule has 0 saturated carbocycles. The number of nitrogens with one attached hydrogen (secondary N) is 1. The van der Waals surface area contributed by atoms with Gasteiger partial charge in [0.15, 0.2) is 0 Å². The Balaban J connectivity index is 0.000000553. The van der Waals surface area contributed by atoms with E-state index in [0.717, 1.165) is 18.7 Å². The summed E-state index contributed by atoms with van der Waals surface area (Å²) in [5.74, 6) is -2.40. The van der Waals surface area contributed by atoms with Gasteiger partial charge in [-0.3, -0.25) is 4.79 Å². The van der Waals surface area contributed by atoms with Crippen molar-refractivity contribution in [3.63, 3.8) is 0 Å². The Labute approximate surface area is 179 Å². The average molecular weight is 453 g/mol. The van der Waals surface area contributed by atoms with Crippen molar-refractivity contribution < 1.29 is 32.6 Å². The van der Waals surface area contributed by atoms with Gasteiger partial charge in [0.05, 0.1) is 24.7 Å². The molecular formula is C20H28ClF3N2O4. The summed E-state index contributed by atoms with van der Waals surface area (Å²) in [6.45, 7) is 7.81. The minimum absolute atomic E-state index is 0.0369. The third-order valence-corrected chi connectivity index (χ3v) is 4.88. The van der Waals surface area contributed by atoms with Gasteiger partial charge in [0, 0.05) is 25.2 Å². The van der Waals surface area contributed by atoms with Crippen LogP contribution in [-0.2, 0) is 14.3 Å². The number of hydrogen-bond donors (Lipinski definition) is 2. The van der Waals surface area contributed by atoms with Gasteiger partial charge in [-0.15, -0.1) is 0 Å². The number of rotatable bonds is 5. The Morgan fingerprint density at radius 3 is 2.33 bits per heavy atom. The fraction of sp³-hybridized carbons (Fsp3) is 0.600. The zero-order chi connectivity index (χ0) is 23.1. The van der Waals surface area contributed by atoms with E-state index < -0.39 is 12.1 Å². The molecule has 2 N–H and O–H groups in total. The van der Waals surface area contributed by atoms with Crippen LogP contribution < -0.4 is 5.32 Å². The van der Waals surface area contributed by atoms with Gasteiger partial charge in [-0.25, -0.2) is 4.79 Å². The minimum atomic E-state index is -5.08. The first-order valence-corrected chi connectivity index (χ1v) is 9.88. The lowest BCUT2D eigenvalue weighted by atomic mass is 9.94. The summed E-state index contributed by atoms with van der Waals surface area (Å²) in [5, 5.41) is 11.1. The van der Waals surface area contributed by atoms with Crippen LogP contribution in [0.25, 0.3) is 0 Å². The first-order chi connectivity index (χ1) is 13.8. The number of carbonyl (C=O) groups is 2. The Hall–Kier alpha value is -1.84. The molecule has 1 fully saturated rings. The Kier molecular flexibility index (Phi) is 10.1. The lowest BCUT2D eigenvalue weighted by Gasteiger charge is -2.34. The zero-order valence-corrected chi connectivity index (χ0v) is 18.1. The Morgan fingerprint density at radius 1 is 1.30 bits per heavy atom. The second-order valence-electron chi connectivity index (χ2n) is 7.45. The molecule has 30 heavy (non-hydrogen) atoms. The molecule has 170 valence electrons. The van der Waals surface area contributed by atoms with E-state index in [1.165, 1.54) is 0 Å². The molecule has 3 unspecified atom stereocenters. The highest BCUT2D eigenvalue weighted by Gasteiger charge is 2.38. The summed E-state index contributed by atoms with van der Waals surface area (Å²) in [6, 6.07) is 7.71. The number of hydrogen-bond acceptors (Lipinski definition) is 4. The number of aliphatic carboxylic acids is 1. The highest BCUT2D eigenvalue weighted by Crippen LogP contribution is 2.33. The van der Waals surface area contributed by atoms with Crippen molar-refractivity contribution in [3.05, 3.63) is 34.9 Å². The fourth-order valence-corrected chi connectivity index (χ4v) is 3.46. The Morgan fingerprint density at radius 2 is 1.87 bits per heavy atom. The Bertz CT molecular complexity index is 716. The molecule has 1 saturated heterocycles. The molecule has 1 heterocycles. The third kappa shape index (κ3) is 8.12. The molecule has 1 amide bonds. The number of ether oxygens (including phenoxy) is 1. The highest BCUT2D eigenvalue weighted by atomic mass is 35.5. The van der Waals surface area contributed by atoms with E-state index in [0.29, 0.717) is 11.4 Å². The molecule has 6 nitrogen and oxygen atoms in total. The van der Waals surface area contributed by atoms with E-state index in [4.69, 9.17) is 26.2 Å². The molecule has 0 aromatic heterocycles.